The van der Waals surface area contributed by atoms with Crippen LogP contribution in [0, 0.1) is 13.8 Å². The first-order valence-corrected chi connectivity index (χ1v) is 8.79. The zero-order valence-electron chi connectivity index (χ0n) is 13.6. The van der Waals surface area contributed by atoms with E-state index in [2.05, 4.69) is 5.32 Å². The summed E-state index contributed by atoms with van der Waals surface area (Å²) in [4.78, 5) is 12.1. The Balaban J connectivity index is 2.05. The van der Waals surface area contributed by atoms with Crippen LogP contribution in [0.25, 0.3) is 0 Å². The molecule has 1 amide bonds. The molecule has 2 aromatic carbocycles. The van der Waals surface area contributed by atoms with Crippen molar-refractivity contribution in [3.8, 4) is 0 Å². The summed E-state index contributed by atoms with van der Waals surface area (Å²) in [5.74, 6) is -0.506. The van der Waals surface area contributed by atoms with Gasteiger partial charge in [0.15, 0.2) is 0 Å². The molecule has 0 bridgehead atoms. The van der Waals surface area contributed by atoms with Crippen molar-refractivity contribution in [3.05, 3.63) is 65.2 Å². The van der Waals surface area contributed by atoms with Crippen molar-refractivity contribution < 1.29 is 17.8 Å². The van der Waals surface area contributed by atoms with E-state index in [1.807, 2.05) is 38.1 Å². The molecule has 0 saturated heterocycles. The summed E-state index contributed by atoms with van der Waals surface area (Å²) in [5.41, 5.74) is 3.19. The van der Waals surface area contributed by atoms with E-state index in [0.717, 1.165) is 16.7 Å². The second-order valence-corrected chi connectivity index (χ2v) is 6.92. The number of carbonyl (C=O) groups excluding carboxylic acids is 1. The summed E-state index contributed by atoms with van der Waals surface area (Å²) in [7, 11) is -4.54. The van der Waals surface area contributed by atoms with Crippen molar-refractivity contribution in [2.24, 2.45) is 0 Å². The van der Waals surface area contributed by atoms with Gasteiger partial charge in [-0.15, -0.1) is 0 Å². The molecule has 0 atom stereocenters. The first kappa shape index (κ1) is 18.0. The fraction of sp³-hybridized carbons (Fsp3) is 0.235. The fourth-order valence-electron chi connectivity index (χ4n) is 2.11. The van der Waals surface area contributed by atoms with Crippen LogP contribution in [0.5, 0.6) is 0 Å². The van der Waals surface area contributed by atoms with Crippen LogP contribution in [-0.4, -0.2) is 25.4 Å². The number of amides is 1. The number of anilines is 1. The number of benzene rings is 2. The Hall–Kier alpha value is -2.38. The molecule has 2 N–H and O–H groups in total. The summed E-state index contributed by atoms with van der Waals surface area (Å²) >= 11 is 0. The fourth-order valence-corrected chi connectivity index (χ4v) is 2.78. The van der Waals surface area contributed by atoms with Gasteiger partial charge in [0.1, 0.15) is 6.54 Å². The van der Waals surface area contributed by atoms with Crippen molar-refractivity contribution in [2.45, 2.75) is 20.4 Å². The van der Waals surface area contributed by atoms with Gasteiger partial charge >= 0.3 is 10.3 Å². The molecule has 6 nitrogen and oxygen atoms in total. The number of hydrogen-bond donors (Lipinski definition) is 2. The molecule has 2 aromatic rings. The lowest BCUT2D eigenvalue weighted by Gasteiger charge is -2.20. The van der Waals surface area contributed by atoms with Crippen molar-refractivity contribution >= 4 is 21.9 Å². The van der Waals surface area contributed by atoms with E-state index in [4.69, 9.17) is 0 Å². The molecule has 0 aliphatic carbocycles. The highest BCUT2D eigenvalue weighted by atomic mass is 32.2. The molecule has 128 valence electrons. The molecule has 0 fully saturated rings. The third-order valence-corrected chi connectivity index (χ3v) is 4.39. The highest BCUT2D eigenvalue weighted by molar-refractivity contribution is 7.87. The molecule has 0 unspecified atom stereocenters. The lowest BCUT2D eigenvalue weighted by Crippen LogP contribution is -2.40. The number of rotatable bonds is 6. The predicted octanol–water partition coefficient (Wildman–Crippen LogP) is 2.23. The van der Waals surface area contributed by atoms with Gasteiger partial charge in [0.2, 0.25) is 5.91 Å². The van der Waals surface area contributed by atoms with Gasteiger partial charge < -0.3 is 5.32 Å². The SMILES string of the molecule is Cc1ccc(CNC(=O)CN(c2ccc(C)cc2)S(=O)(=O)O)cc1. The number of hydrogen-bond acceptors (Lipinski definition) is 3. The van der Waals surface area contributed by atoms with Crippen LogP contribution >= 0.6 is 0 Å². The van der Waals surface area contributed by atoms with E-state index < -0.39 is 22.8 Å². The lowest BCUT2D eigenvalue weighted by molar-refractivity contribution is -0.119. The minimum Gasteiger partial charge on any atom is -0.350 e. The Labute approximate surface area is 142 Å². The smallest absolute Gasteiger partial charge is 0.350 e. The standard InChI is InChI=1S/C17H20N2O4S/c1-13-3-7-15(8-4-13)11-18-17(20)12-19(24(21,22)23)16-9-5-14(2)6-10-16/h3-10H,11-12H2,1-2H3,(H,18,20)(H,21,22,23). The topological polar surface area (TPSA) is 86.7 Å². The third kappa shape index (κ3) is 5.07. The van der Waals surface area contributed by atoms with Crippen molar-refractivity contribution in [1.29, 1.82) is 0 Å². The second-order valence-electron chi connectivity index (χ2n) is 5.58. The summed E-state index contributed by atoms with van der Waals surface area (Å²) in [6, 6.07) is 14.1. The molecule has 7 heteroatoms. The van der Waals surface area contributed by atoms with Gasteiger partial charge in [-0.25, -0.2) is 4.31 Å². The van der Waals surface area contributed by atoms with Crippen LogP contribution in [0.3, 0.4) is 0 Å². The largest absolute Gasteiger partial charge is 0.360 e. The van der Waals surface area contributed by atoms with E-state index >= 15 is 0 Å². The zero-order chi connectivity index (χ0) is 17.7. The minimum atomic E-state index is -4.54. The van der Waals surface area contributed by atoms with Crippen molar-refractivity contribution in [1.82, 2.24) is 5.32 Å². The summed E-state index contributed by atoms with van der Waals surface area (Å²) in [6.07, 6.45) is 0. The molecule has 0 spiro atoms. The maximum absolute atomic E-state index is 12.1. The first-order valence-electron chi connectivity index (χ1n) is 7.40. The normalized spacial score (nSPS) is 11.1. The molecule has 0 radical (unpaired) electrons. The average Bonchev–Trinajstić information content (AvgIpc) is 2.52. The van der Waals surface area contributed by atoms with Gasteiger partial charge in [-0.1, -0.05) is 47.5 Å². The Morgan fingerprint density at radius 2 is 1.50 bits per heavy atom. The molecule has 0 aliphatic heterocycles. The van der Waals surface area contributed by atoms with Crippen LogP contribution in [0.2, 0.25) is 0 Å². The Morgan fingerprint density at radius 1 is 1.00 bits per heavy atom. The zero-order valence-corrected chi connectivity index (χ0v) is 14.4. The van der Waals surface area contributed by atoms with Gasteiger partial charge in [-0.2, -0.15) is 8.42 Å². The Morgan fingerprint density at radius 3 is 2.00 bits per heavy atom. The maximum Gasteiger partial charge on any atom is 0.360 e. The Kier molecular flexibility index (Phi) is 5.58. The van der Waals surface area contributed by atoms with Crippen LogP contribution in [-0.2, 0) is 21.6 Å². The minimum absolute atomic E-state index is 0.230. The van der Waals surface area contributed by atoms with E-state index in [-0.39, 0.29) is 12.2 Å². The first-order chi connectivity index (χ1) is 11.3. The quantitative estimate of drug-likeness (QED) is 0.784. The molecule has 0 heterocycles. The number of nitrogens with one attached hydrogen (secondary N) is 1. The monoisotopic (exact) mass is 348 g/mol. The molecule has 24 heavy (non-hydrogen) atoms. The van der Waals surface area contributed by atoms with Gasteiger partial charge in [-0.3, -0.25) is 9.35 Å². The van der Waals surface area contributed by atoms with Crippen molar-refractivity contribution in [2.75, 3.05) is 10.8 Å². The number of aryl methyl sites for hydroxylation is 2. The lowest BCUT2D eigenvalue weighted by atomic mass is 10.1. The van der Waals surface area contributed by atoms with Gasteiger partial charge in [0.05, 0.1) is 5.69 Å². The van der Waals surface area contributed by atoms with E-state index in [9.17, 15) is 17.8 Å². The molecule has 0 saturated carbocycles. The summed E-state index contributed by atoms with van der Waals surface area (Å²) in [6.45, 7) is 3.61. The van der Waals surface area contributed by atoms with Gasteiger partial charge in [-0.05, 0) is 31.5 Å². The molecular weight excluding hydrogens is 328 g/mol. The Bertz CT molecular complexity index is 799. The highest BCUT2D eigenvalue weighted by Crippen LogP contribution is 2.17. The van der Waals surface area contributed by atoms with Gasteiger partial charge in [0, 0.05) is 6.54 Å². The predicted molar refractivity (Wildman–Crippen MR) is 93.1 cm³/mol. The molecule has 0 aromatic heterocycles. The molecule has 2 rings (SSSR count). The highest BCUT2D eigenvalue weighted by Gasteiger charge is 2.22. The molecular formula is C17H20N2O4S. The molecule has 0 aliphatic rings. The van der Waals surface area contributed by atoms with Crippen LogP contribution in [0.1, 0.15) is 16.7 Å². The van der Waals surface area contributed by atoms with Crippen LogP contribution in [0.4, 0.5) is 5.69 Å². The van der Waals surface area contributed by atoms with E-state index in [1.165, 1.54) is 12.1 Å². The van der Waals surface area contributed by atoms with Gasteiger partial charge in [0.25, 0.3) is 0 Å². The van der Waals surface area contributed by atoms with Crippen LogP contribution < -0.4 is 9.62 Å². The summed E-state index contributed by atoms with van der Waals surface area (Å²) in [5, 5.41) is 2.65. The average molecular weight is 348 g/mol. The third-order valence-electron chi connectivity index (χ3n) is 3.50. The number of carbonyl (C=O) groups is 1. The van der Waals surface area contributed by atoms with Crippen LogP contribution in [0.15, 0.2) is 48.5 Å². The van der Waals surface area contributed by atoms with E-state index in [1.54, 1.807) is 12.1 Å². The second kappa shape index (κ2) is 7.46. The number of nitrogens with zero attached hydrogens (tertiary/aromatic N) is 1. The van der Waals surface area contributed by atoms with E-state index in [0.29, 0.717) is 4.31 Å². The van der Waals surface area contributed by atoms with Crippen molar-refractivity contribution in [3.63, 3.8) is 0 Å². The summed E-state index contributed by atoms with van der Waals surface area (Å²) < 4.78 is 33.2. The maximum atomic E-state index is 12.1.